The summed E-state index contributed by atoms with van der Waals surface area (Å²) in [5.74, 6) is 1.24. The summed E-state index contributed by atoms with van der Waals surface area (Å²) in [7, 11) is 3.80. The zero-order valence-electron chi connectivity index (χ0n) is 8.19. The van der Waals surface area contributed by atoms with E-state index < -0.39 is 0 Å². The van der Waals surface area contributed by atoms with E-state index in [1.807, 2.05) is 37.1 Å². The molecule has 0 unspecified atom stereocenters. The predicted molar refractivity (Wildman–Crippen MR) is 51.5 cm³/mol. The molecule has 5 heteroatoms. The van der Waals surface area contributed by atoms with Gasteiger partial charge < -0.3 is 14.4 Å². The van der Waals surface area contributed by atoms with Gasteiger partial charge in [-0.1, -0.05) is 5.16 Å². The third-order valence-electron chi connectivity index (χ3n) is 1.89. The van der Waals surface area contributed by atoms with Crippen molar-refractivity contribution in [2.45, 2.75) is 6.54 Å². The van der Waals surface area contributed by atoms with Gasteiger partial charge in [0.05, 0.1) is 6.54 Å². The van der Waals surface area contributed by atoms with Crippen molar-refractivity contribution in [3.63, 3.8) is 0 Å². The van der Waals surface area contributed by atoms with Crippen LogP contribution in [0.25, 0.3) is 11.4 Å². The fraction of sp³-hybridized carbons (Fsp3) is 0.333. The number of rotatable bonds is 3. The van der Waals surface area contributed by atoms with Crippen molar-refractivity contribution in [1.29, 1.82) is 0 Å². The minimum atomic E-state index is 0.597. The number of aryl methyl sites for hydroxylation is 1. The van der Waals surface area contributed by atoms with E-state index in [4.69, 9.17) is 4.52 Å². The predicted octanol–water partition coefficient (Wildman–Crippen LogP) is 0.794. The summed E-state index contributed by atoms with van der Waals surface area (Å²) in [6.07, 6.45) is 3.90. The Balaban J connectivity index is 2.24. The molecule has 0 atom stereocenters. The molecule has 0 saturated carbocycles. The third kappa shape index (κ3) is 1.67. The Hall–Kier alpha value is -1.62. The molecule has 0 aliphatic carbocycles. The highest BCUT2D eigenvalue weighted by Crippen LogP contribution is 2.15. The lowest BCUT2D eigenvalue weighted by atomic mass is 10.3. The van der Waals surface area contributed by atoms with Crippen molar-refractivity contribution in [1.82, 2.24) is 20.0 Å². The molecule has 2 aromatic rings. The fourth-order valence-electron chi connectivity index (χ4n) is 1.23. The Morgan fingerprint density at radius 3 is 3.07 bits per heavy atom. The molecule has 74 valence electrons. The van der Waals surface area contributed by atoms with Gasteiger partial charge in [0.25, 0.3) is 0 Å². The van der Waals surface area contributed by atoms with Gasteiger partial charge in [0, 0.05) is 25.0 Å². The van der Waals surface area contributed by atoms with Crippen LogP contribution in [0.15, 0.2) is 23.0 Å². The Morgan fingerprint density at radius 2 is 2.43 bits per heavy atom. The topological polar surface area (TPSA) is 55.9 Å². The molecule has 0 bridgehead atoms. The van der Waals surface area contributed by atoms with Crippen LogP contribution < -0.4 is 5.32 Å². The lowest BCUT2D eigenvalue weighted by Crippen LogP contribution is -2.04. The van der Waals surface area contributed by atoms with Crippen LogP contribution in [0.1, 0.15) is 5.89 Å². The van der Waals surface area contributed by atoms with Crippen LogP contribution in [0.2, 0.25) is 0 Å². The summed E-state index contributed by atoms with van der Waals surface area (Å²) in [5, 5.41) is 6.83. The van der Waals surface area contributed by atoms with Gasteiger partial charge in [-0.3, -0.25) is 0 Å². The number of nitrogens with zero attached hydrogens (tertiary/aromatic N) is 3. The van der Waals surface area contributed by atoms with Crippen molar-refractivity contribution in [2.24, 2.45) is 7.05 Å². The maximum absolute atomic E-state index is 5.04. The van der Waals surface area contributed by atoms with E-state index in [0.29, 0.717) is 18.3 Å². The summed E-state index contributed by atoms with van der Waals surface area (Å²) in [6.45, 7) is 0.597. The standard InChI is InChI=1S/C9H12N4O/c1-10-5-8-11-9(12-14-8)7-3-4-13(2)6-7/h3-4,6,10H,5H2,1-2H3. The van der Waals surface area contributed by atoms with E-state index in [-0.39, 0.29) is 0 Å². The summed E-state index contributed by atoms with van der Waals surface area (Å²) in [4.78, 5) is 4.23. The molecule has 2 rings (SSSR count). The molecule has 5 nitrogen and oxygen atoms in total. The first kappa shape index (κ1) is 8.96. The van der Waals surface area contributed by atoms with Gasteiger partial charge >= 0.3 is 0 Å². The second kappa shape index (κ2) is 3.63. The summed E-state index contributed by atoms with van der Waals surface area (Å²) < 4.78 is 6.98. The second-order valence-corrected chi connectivity index (χ2v) is 3.11. The minimum absolute atomic E-state index is 0.597. The monoisotopic (exact) mass is 192 g/mol. The van der Waals surface area contributed by atoms with Crippen molar-refractivity contribution in [3.05, 3.63) is 24.4 Å². The van der Waals surface area contributed by atoms with E-state index in [9.17, 15) is 0 Å². The van der Waals surface area contributed by atoms with E-state index in [2.05, 4.69) is 15.5 Å². The van der Waals surface area contributed by atoms with E-state index >= 15 is 0 Å². The highest BCUT2D eigenvalue weighted by Gasteiger charge is 2.07. The molecule has 2 aromatic heterocycles. The Labute approximate surface area is 81.7 Å². The average Bonchev–Trinajstić information content (AvgIpc) is 2.74. The van der Waals surface area contributed by atoms with Gasteiger partial charge in [0.1, 0.15) is 0 Å². The van der Waals surface area contributed by atoms with Gasteiger partial charge in [-0.2, -0.15) is 4.98 Å². The molecule has 0 amide bonds. The second-order valence-electron chi connectivity index (χ2n) is 3.11. The summed E-state index contributed by atoms with van der Waals surface area (Å²) in [6, 6.07) is 1.95. The van der Waals surface area contributed by atoms with Crippen LogP contribution in [0.3, 0.4) is 0 Å². The number of hydrogen-bond donors (Lipinski definition) is 1. The summed E-state index contributed by atoms with van der Waals surface area (Å²) >= 11 is 0. The Bertz CT molecular complexity index is 418. The first-order valence-electron chi connectivity index (χ1n) is 4.39. The highest BCUT2D eigenvalue weighted by molar-refractivity contribution is 5.52. The average molecular weight is 192 g/mol. The fourth-order valence-corrected chi connectivity index (χ4v) is 1.23. The number of aromatic nitrogens is 3. The molecular formula is C9H12N4O. The molecule has 0 aliphatic heterocycles. The Morgan fingerprint density at radius 1 is 1.57 bits per heavy atom. The minimum Gasteiger partial charge on any atom is -0.357 e. The molecule has 14 heavy (non-hydrogen) atoms. The lowest BCUT2D eigenvalue weighted by Gasteiger charge is -1.87. The molecule has 0 fully saturated rings. The molecule has 1 N–H and O–H groups in total. The van der Waals surface area contributed by atoms with Crippen LogP contribution in [0.5, 0.6) is 0 Å². The molecule has 0 radical (unpaired) electrons. The molecular weight excluding hydrogens is 180 g/mol. The molecule has 0 saturated heterocycles. The van der Waals surface area contributed by atoms with E-state index in [1.165, 1.54) is 0 Å². The van der Waals surface area contributed by atoms with Crippen LogP contribution in [0, 0.1) is 0 Å². The quantitative estimate of drug-likeness (QED) is 0.781. The highest BCUT2D eigenvalue weighted by atomic mass is 16.5. The molecule has 0 aliphatic rings. The summed E-state index contributed by atoms with van der Waals surface area (Å²) in [5.41, 5.74) is 0.971. The smallest absolute Gasteiger partial charge is 0.240 e. The van der Waals surface area contributed by atoms with Gasteiger partial charge in [-0.05, 0) is 13.1 Å². The first-order chi connectivity index (χ1) is 6.79. The molecule has 0 aromatic carbocycles. The van der Waals surface area contributed by atoms with Crippen molar-refractivity contribution >= 4 is 0 Å². The van der Waals surface area contributed by atoms with E-state index in [1.54, 1.807) is 0 Å². The largest absolute Gasteiger partial charge is 0.357 e. The van der Waals surface area contributed by atoms with Crippen molar-refractivity contribution in [2.75, 3.05) is 7.05 Å². The van der Waals surface area contributed by atoms with Crippen molar-refractivity contribution in [3.8, 4) is 11.4 Å². The Kier molecular flexibility index (Phi) is 2.32. The maximum Gasteiger partial charge on any atom is 0.240 e. The SMILES string of the molecule is CNCc1nc(-c2ccn(C)c2)no1. The van der Waals surface area contributed by atoms with E-state index in [0.717, 1.165) is 5.56 Å². The zero-order chi connectivity index (χ0) is 9.97. The number of hydrogen-bond acceptors (Lipinski definition) is 4. The number of nitrogens with one attached hydrogen (secondary N) is 1. The van der Waals surface area contributed by atoms with Gasteiger partial charge in [0.15, 0.2) is 0 Å². The van der Waals surface area contributed by atoms with Crippen molar-refractivity contribution < 1.29 is 4.52 Å². The van der Waals surface area contributed by atoms with Gasteiger partial charge in [0.2, 0.25) is 11.7 Å². The molecule has 2 heterocycles. The molecule has 0 spiro atoms. The normalized spacial score (nSPS) is 10.7. The third-order valence-corrected chi connectivity index (χ3v) is 1.89. The first-order valence-corrected chi connectivity index (χ1v) is 4.39. The maximum atomic E-state index is 5.04. The lowest BCUT2D eigenvalue weighted by molar-refractivity contribution is 0.372. The van der Waals surface area contributed by atoms with Crippen LogP contribution in [-0.4, -0.2) is 21.8 Å². The van der Waals surface area contributed by atoms with Gasteiger partial charge in [-0.25, -0.2) is 0 Å². The van der Waals surface area contributed by atoms with Gasteiger partial charge in [-0.15, -0.1) is 0 Å². The van der Waals surface area contributed by atoms with Crippen LogP contribution in [0.4, 0.5) is 0 Å². The van der Waals surface area contributed by atoms with Crippen LogP contribution in [-0.2, 0) is 13.6 Å². The van der Waals surface area contributed by atoms with Crippen LogP contribution >= 0.6 is 0 Å². The zero-order valence-corrected chi connectivity index (χ0v) is 8.19.